The van der Waals surface area contributed by atoms with E-state index in [-0.39, 0.29) is 26.1 Å². The number of quaternary nitrogens is 1. The molecule has 0 aliphatic rings. The molecule has 0 spiro atoms. The summed E-state index contributed by atoms with van der Waals surface area (Å²) in [4.78, 5) is 38.1. The van der Waals surface area contributed by atoms with Gasteiger partial charge in [-0.2, -0.15) is 0 Å². The fraction of sp³-hybridized carbons (Fsp3) is 0.615. The summed E-state index contributed by atoms with van der Waals surface area (Å²) in [6.07, 6.45) is 101. The van der Waals surface area contributed by atoms with Crippen LogP contribution in [0, 0.1) is 0 Å². The number of unbranched alkanes of at least 4 members (excludes halogenated alkanes) is 20. The Morgan fingerprint density at radius 2 is 0.614 bits per heavy atom. The van der Waals surface area contributed by atoms with Crippen molar-refractivity contribution in [3.05, 3.63) is 170 Å². The lowest BCUT2D eigenvalue weighted by Crippen LogP contribution is -2.37. The maximum absolute atomic E-state index is 12.9. The number of likely N-dealkylation sites (N-methyl/N-ethyl adjacent to an activating group) is 1. The third kappa shape index (κ3) is 70.5. The van der Waals surface area contributed by atoms with Gasteiger partial charge in [0, 0.05) is 12.8 Å². The number of carbonyl (C=O) groups is 2. The number of ether oxygens (including phenoxy) is 2. The summed E-state index contributed by atoms with van der Waals surface area (Å²) in [6.45, 7) is 3.99. The lowest BCUT2D eigenvalue weighted by atomic mass is 10.0. The zero-order valence-electron chi connectivity index (χ0n) is 56.6. The van der Waals surface area contributed by atoms with Crippen LogP contribution in [0.25, 0.3) is 0 Å². The Balaban J connectivity index is 4.14. The molecular weight excluding hydrogens is 1110 g/mol. The smallest absolute Gasteiger partial charge is 0.306 e. The summed E-state index contributed by atoms with van der Waals surface area (Å²) in [5.74, 6) is -0.853. The maximum atomic E-state index is 12.9. The molecule has 0 aliphatic heterocycles. The van der Waals surface area contributed by atoms with Crippen molar-refractivity contribution >= 4 is 19.8 Å². The molecule has 2 atom stereocenters. The third-order valence-electron chi connectivity index (χ3n) is 14.2. The van der Waals surface area contributed by atoms with E-state index in [1.165, 1.54) is 83.5 Å². The highest BCUT2D eigenvalue weighted by Gasteiger charge is 2.22. The molecule has 88 heavy (non-hydrogen) atoms. The van der Waals surface area contributed by atoms with Crippen LogP contribution < -0.4 is 4.89 Å². The first-order valence-electron chi connectivity index (χ1n) is 34.8. The predicted octanol–water partition coefficient (Wildman–Crippen LogP) is 22.3. The number of hydrogen-bond donors (Lipinski definition) is 0. The highest BCUT2D eigenvalue weighted by Crippen LogP contribution is 2.38. The monoisotopic (exact) mass is 1240 g/mol. The second-order valence-electron chi connectivity index (χ2n) is 23.8. The fourth-order valence-electron chi connectivity index (χ4n) is 8.97. The minimum atomic E-state index is -4.66. The number of allylic oxidation sites excluding steroid dienone is 28. The lowest BCUT2D eigenvalue weighted by molar-refractivity contribution is -0.870. The van der Waals surface area contributed by atoms with E-state index in [2.05, 4.69) is 184 Å². The van der Waals surface area contributed by atoms with E-state index in [0.717, 1.165) is 141 Å². The molecule has 0 saturated carbocycles. The van der Waals surface area contributed by atoms with E-state index in [1.807, 2.05) is 21.1 Å². The molecule has 0 aliphatic carbocycles. The SMILES string of the molecule is CC/C=C\C/C=C\C/C=C\C/C=C\C/C=C\C/C=C\C/C=C\C/C=C\C/C=C\C/C=C\CCCCCCCCCCC(=O)OC(COC(=O)CCCCCCCCCCCCCC/C=C\C/C=C\C/C=C\C/C=C\CC)COP(=O)([O-])OCC[N+](C)(C)C. The molecule has 0 rings (SSSR count). The quantitative estimate of drug-likeness (QED) is 0.0195. The molecule has 2 unspecified atom stereocenters. The zero-order valence-corrected chi connectivity index (χ0v) is 57.5. The van der Waals surface area contributed by atoms with Gasteiger partial charge in [0.15, 0.2) is 6.10 Å². The number of hydrogen-bond acceptors (Lipinski definition) is 8. The second-order valence-corrected chi connectivity index (χ2v) is 25.2. The maximum Gasteiger partial charge on any atom is 0.306 e. The highest BCUT2D eigenvalue weighted by molar-refractivity contribution is 7.45. The second kappa shape index (κ2) is 66.8. The van der Waals surface area contributed by atoms with Gasteiger partial charge in [0.1, 0.15) is 19.8 Å². The summed E-state index contributed by atoms with van der Waals surface area (Å²) in [5, 5.41) is 0. The van der Waals surface area contributed by atoms with Crippen LogP contribution in [-0.4, -0.2) is 70.0 Å². The van der Waals surface area contributed by atoms with Crippen LogP contribution >= 0.6 is 7.82 Å². The average molecular weight is 1240 g/mol. The molecule has 0 saturated heterocycles. The highest BCUT2D eigenvalue weighted by atomic mass is 31.2. The molecule has 0 aromatic rings. The van der Waals surface area contributed by atoms with E-state index in [0.29, 0.717) is 17.4 Å². The van der Waals surface area contributed by atoms with Gasteiger partial charge in [0.05, 0.1) is 27.7 Å². The van der Waals surface area contributed by atoms with Gasteiger partial charge in [-0.15, -0.1) is 0 Å². The van der Waals surface area contributed by atoms with Crippen LogP contribution in [0.3, 0.4) is 0 Å². The van der Waals surface area contributed by atoms with Crippen molar-refractivity contribution in [1.29, 1.82) is 0 Å². The lowest BCUT2D eigenvalue weighted by Gasteiger charge is -2.28. The fourth-order valence-corrected chi connectivity index (χ4v) is 9.70. The van der Waals surface area contributed by atoms with Crippen molar-refractivity contribution in [3.8, 4) is 0 Å². The largest absolute Gasteiger partial charge is 0.756 e. The van der Waals surface area contributed by atoms with Gasteiger partial charge >= 0.3 is 11.9 Å². The number of rotatable bonds is 62. The summed E-state index contributed by atoms with van der Waals surface area (Å²) in [7, 11) is 1.14. The summed E-state index contributed by atoms with van der Waals surface area (Å²) < 4.78 is 34.3. The molecule has 0 fully saturated rings. The van der Waals surface area contributed by atoms with E-state index >= 15 is 0 Å². The van der Waals surface area contributed by atoms with E-state index in [9.17, 15) is 19.0 Å². The molecule has 498 valence electrons. The Morgan fingerprint density at radius 1 is 0.352 bits per heavy atom. The van der Waals surface area contributed by atoms with Crippen molar-refractivity contribution < 1.29 is 42.1 Å². The van der Waals surface area contributed by atoms with Crippen LogP contribution in [0.4, 0.5) is 0 Å². The van der Waals surface area contributed by atoms with Gasteiger partial charge in [-0.3, -0.25) is 14.2 Å². The van der Waals surface area contributed by atoms with Crippen LogP contribution in [0.1, 0.15) is 258 Å². The topological polar surface area (TPSA) is 111 Å². The van der Waals surface area contributed by atoms with Crippen molar-refractivity contribution in [2.75, 3.05) is 47.5 Å². The molecule has 0 aromatic heterocycles. The minimum Gasteiger partial charge on any atom is -0.756 e. The molecule has 0 bridgehead atoms. The van der Waals surface area contributed by atoms with E-state index in [4.69, 9.17) is 18.5 Å². The average Bonchev–Trinajstić information content (AvgIpc) is 3.68. The molecule has 0 heterocycles. The van der Waals surface area contributed by atoms with Crippen molar-refractivity contribution in [2.24, 2.45) is 0 Å². The summed E-state index contributed by atoms with van der Waals surface area (Å²) in [6, 6.07) is 0. The van der Waals surface area contributed by atoms with Gasteiger partial charge in [-0.1, -0.05) is 287 Å². The Morgan fingerprint density at radius 3 is 0.909 bits per heavy atom. The van der Waals surface area contributed by atoms with E-state index in [1.54, 1.807) is 0 Å². The van der Waals surface area contributed by atoms with Gasteiger partial charge in [0.2, 0.25) is 0 Å². The Hall–Kier alpha value is -4.63. The van der Waals surface area contributed by atoms with Gasteiger partial charge < -0.3 is 27.9 Å². The molecular formula is C78H128NO8P. The van der Waals surface area contributed by atoms with Crippen LogP contribution in [0.5, 0.6) is 0 Å². The number of esters is 2. The molecule has 10 heteroatoms. The van der Waals surface area contributed by atoms with E-state index < -0.39 is 32.5 Å². The first-order chi connectivity index (χ1) is 43.0. The number of phosphoric ester groups is 1. The predicted molar refractivity (Wildman–Crippen MR) is 378 cm³/mol. The minimum absolute atomic E-state index is 0.0412. The molecule has 9 nitrogen and oxygen atoms in total. The first kappa shape index (κ1) is 83.4. The summed E-state index contributed by atoms with van der Waals surface area (Å²) >= 11 is 0. The van der Waals surface area contributed by atoms with Crippen LogP contribution in [-0.2, 0) is 32.7 Å². The standard InChI is InChI=1S/C78H128NO8P/c1-6-8-10-12-14-16-18-20-22-24-26-28-30-32-33-34-35-36-37-38-39-40-41-42-43-44-45-47-49-51-53-55-57-59-61-63-65-67-69-71-78(81)87-76(75-86-88(82,83)85-73-72-79(3,4)5)74-84-77(80)70-68-66-64-62-60-58-56-54-52-50-48-46-31-29-27-25-23-21-19-17-15-13-11-9-7-2/h8-11,14-17,20-23,26-29,32-33,35-36,38-39,41-42,44-45,49,51,76H,6-7,12-13,18-19,24-25,30-31,34,37,40,43,46-48,50,52-75H2,1-5H3/b10-8-,11-9-,16-14-,17-15-,22-20-,23-21-,28-26-,29-27-,33-32-,36-35-,39-38-,42-41-,45-44-,51-49-. The van der Waals surface area contributed by atoms with Crippen molar-refractivity contribution in [1.82, 2.24) is 0 Å². The zero-order chi connectivity index (χ0) is 64.1. The molecule has 0 amide bonds. The number of carbonyl (C=O) groups excluding carboxylic acids is 2. The van der Waals surface area contributed by atoms with Crippen molar-refractivity contribution in [2.45, 2.75) is 264 Å². The van der Waals surface area contributed by atoms with Crippen molar-refractivity contribution in [3.63, 3.8) is 0 Å². The molecule has 0 N–H and O–H groups in total. The Labute approximate surface area is 540 Å². The van der Waals surface area contributed by atoms with Crippen LogP contribution in [0.2, 0.25) is 0 Å². The molecule has 0 aromatic carbocycles. The third-order valence-corrected chi connectivity index (χ3v) is 15.2. The summed E-state index contributed by atoms with van der Waals surface area (Å²) in [5.41, 5.74) is 0. The van der Waals surface area contributed by atoms with Gasteiger partial charge in [-0.05, 0) is 128 Å². The van der Waals surface area contributed by atoms with Gasteiger partial charge in [0.25, 0.3) is 7.82 Å². The number of nitrogens with zero attached hydrogens (tertiary/aromatic N) is 1. The Bertz CT molecular complexity index is 2090. The normalized spacial score (nSPS) is 14.2. The first-order valence-corrected chi connectivity index (χ1v) is 36.3. The number of phosphoric acid groups is 1. The molecule has 0 radical (unpaired) electrons. The van der Waals surface area contributed by atoms with Gasteiger partial charge in [-0.25, -0.2) is 0 Å². The van der Waals surface area contributed by atoms with Crippen LogP contribution in [0.15, 0.2) is 170 Å². The Kier molecular flexibility index (Phi) is 63.3.